The normalized spacial score (nSPS) is 10.2. The summed E-state index contributed by atoms with van der Waals surface area (Å²) in [4.78, 5) is 23.2. The van der Waals surface area contributed by atoms with Gasteiger partial charge in [0.2, 0.25) is 0 Å². The fourth-order valence-electron chi connectivity index (χ4n) is 3.50. The van der Waals surface area contributed by atoms with Gasteiger partial charge < -0.3 is 4.98 Å². The molecular formula is C38H54N6. The maximum Gasteiger partial charge on any atom is 0.130 e. The Hall–Kier alpha value is -4.19. The minimum atomic E-state index is 0.436. The molecule has 0 saturated carbocycles. The lowest BCUT2D eigenvalue weighted by Crippen LogP contribution is -1.93. The van der Waals surface area contributed by atoms with Crippen LogP contribution in [-0.2, 0) is 0 Å². The molecule has 0 unspecified atom stereocenters. The second-order valence-electron chi connectivity index (χ2n) is 11.8. The molecule has 0 atom stereocenters. The van der Waals surface area contributed by atoms with Crippen molar-refractivity contribution in [3.63, 3.8) is 0 Å². The van der Waals surface area contributed by atoms with E-state index >= 15 is 0 Å². The number of nitrogens with one attached hydrogen (secondary N) is 1. The minimum Gasteiger partial charge on any atom is -0.367 e. The first-order valence-electron chi connectivity index (χ1n) is 15.6. The van der Waals surface area contributed by atoms with Gasteiger partial charge in [0, 0.05) is 54.5 Å². The molecule has 4 aromatic heterocycles. The summed E-state index contributed by atoms with van der Waals surface area (Å²) in [6, 6.07) is 22.4. The Morgan fingerprint density at radius 3 is 1.34 bits per heavy atom. The molecule has 4 heterocycles. The molecule has 0 aliphatic heterocycles. The number of aromatic amines is 1. The second-order valence-corrected chi connectivity index (χ2v) is 11.8. The van der Waals surface area contributed by atoms with Crippen molar-refractivity contribution in [3.8, 4) is 0 Å². The van der Waals surface area contributed by atoms with Crippen molar-refractivity contribution in [3.05, 3.63) is 139 Å². The van der Waals surface area contributed by atoms with Gasteiger partial charge >= 0.3 is 0 Å². The van der Waals surface area contributed by atoms with E-state index in [-0.39, 0.29) is 0 Å². The zero-order chi connectivity index (χ0) is 32.7. The molecule has 1 aromatic carbocycles. The standard InChI is InChI=1S/C9H12.C8H11N.2C7H10N2.C7H11N/c1-8(2)9-6-4-3-5-7-9;1-7(2)8-5-3-4-6-9-8;1-6(2)7-3-4-8-5-9-7;1-6(2)7-8-4-3-5-9-7;1-6(2)7-3-4-8-5-7/h3-8H,1-2H3;3-7H,1-2H3;2*3-6H,1-2H3;3-6,8H,1-2H3. The fourth-order valence-corrected chi connectivity index (χ4v) is 3.50. The second kappa shape index (κ2) is 22.4. The lowest BCUT2D eigenvalue weighted by atomic mass is 10.0. The molecule has 1 N–H and O–H groups in total. The van der Waals surface area contributed by atoms with E-state index in [1.807, 2.05) is 55.0 Å². The van der Waals surface area contributed by atoms with Crippen LogP contribution in [0.15, 0.2) is 110 Å². The van der Waals surface area contributed by atoms with Crippen molar-refractivity contribution in [2.45, 2.75) is 98.8 Å². The summed E-state index contributed by atoms with van der Waals surface area (Å²) >= 11 is 0. The summed E-state index contributed by atoms with van der Waals surface area (Å²) in [5.41, 5.74) is 5.06. The molecular weight excluding hydrogens is 540 g/mol. The van der Waals surface area contributed by atoms with Gasteiger partial charge in [0.1, 0.15) is 12.2 Å². The van der Waals surface area contributed by atoms with E-state index in [1.54, 1.807) is 24.9 Å². The van der Waals surface area contributed by atoms with Crippen LogP contribution in [0.2, 0.25) is 0 Å². The highest BCUT2D eigenvalue weighted by molar-refractivity contribution is 5.17. The van der Waals surface area contributed by atoms with Crippen LogP contribution in [0.1, 0.15) is 127 Å². The number of pyridine rings is 1. The van der Waals surface area contributed by atoms with E-state index < -0.39 is 0 Å². The Balaban J connectivity index is 0.000000275. The monoisotopic (exact) mass is 594 g/mol. The van der Waals surface area contributed by atoms with E-state index in [2.05, 4.69) is 129 Å². The number of H-pyrrole nitrogens is 1. The zero-order valence-electron chi connectivity index (χ0n) is 28.5. The summed E-state index contributed by atoms with van der Waals surface area (Å²) < 4.78 is 0. The summed E-state index contributed by atoms with van der Waals surface area (Å²) in [7, 11) is 0. The predicted octanol–water partition coefficient (Wildman–Crippen LogP) is 10.4. The van der Waals surface area contributed by atoms with E-state index in [0.717, 1.165) is 17.2 Å². The Morgan fingerprint density at radius 1 is 0.455 bits per heavy atom. The lowest BCUT2D eigenvalue weighted by molar-refractivity contribution is 0.774. The highest BCUT2D eigenvalue weighted by Gasteiger charge is 1.98. The van der Waals surface area contributed by atoms with Crippen LogP contribution >= 0.6 is 0 Å². The van der Waals surface area contributed by atoms with Gasteiger partial charge in [-0.2, -0.15) is 0 Å². The molecule has 0 aliphatic carbocycles. The van der Waals surface area contributed by atoms with Gasteiger partial charge in [-0.05, 0) is 65.1 Å². The van der Waals surface area contributed by atoms with E-state index in [0.29, 0.717) is 29.6 Å². The van der Waals surface area contributed by atoms with Crippen LogP contribution in [0.3, 0.4) is 0 Å². The Labute approximate surface area is 266 Å². The third-order valence-corrected chi connectivity index (χ3v) is 6.33. The highest BCUT2D eigenvalue weighted by atomic mass is 14.9. The van der Waals surface area contributed by atoms with Crippen molar-refractivity contribution in [2.75, 3.05) is 0 Å². The smallest absolute Gasteiger partial charge is 0.130 e. The van der Waals surface area contributed by atoms with Crippen molar-refractivity contribution >= 4 is 0 Å². The molecule has 0 saturated heterocycles. The number of rotatable bonds is 5. The van der Waals surface area contributed by atoms with Gasteiger partial charge in [0.25, 0.3) is 0 Å². The van der Waals surface area contributed by atoms with Gasteiger partial charge in [0.15, 0.2) is 0 Å². The number of hydrogen-bond donors (Lipinski definition) is 1. The third-order valence-electron chi connectivity index (χ3n) is 6.33. The average Bonchev–Trinajstić information content (AvgIpc) is 3.60. The summed E-state index contributed by atoms with van der Waals surface area (Å²) in [5.74, 6) is 3.72. The van der Waals surface area contributed by atoms with Crippen molar-refractivity contribution in [1.29, 1.82) is 0 Å². The fraction of sp³-hybridized carbons (Fsp3) is 0.395. The number of hydrogen-bond acceptors (Lipinski definition) is 5. The average molecular weight is 595 g/mol. The van der Waals surface area contributed by atoms with Gasteiger partial charge in [0.05, 0.1) is 0 Å². The largest absolute Gasteiger partial charge is 0.367 e. The molecule has 5 rings (SSSR count). The summed E-state index contributed by atoms with van der Waals surface area (Å²) in [6.45, 7) is 21.4. The number of benzene rings is 1. The van der Waals surface area contributed by atoms with E-state index in [9.17, 15) is 0 Å². The van der Waals surface area contributed by atoms with Crippen molar-refractivity contribution in [1.82, 2.24) is 29.9 Å². The molecule has 5 aromatic rings. The van der Waals surface area contributed by atoms with Gasteiger partial charge in [-0.3, -0.25) is 4.98 Å². The molecule has 6 nitrogen and oxygen atoms in total. The van der Waals surface area contributed by atoms with Crippen LogP contribution in [0.5, 0.6) is 0 Å². The van der Waals surface area contributed by atoms with Crippen LogP contribution in [0, 0.1) is 0 Å². The molecule has 236 valence electrons. The van der Waals surface area contributed by atoms with Gasteiger partial charge in [-0.15, -0.1) is 0 Å². The van der Waals surface area contributed by atoms with Gasteiger partial charge in [-0.1, -0.05) is 106 Å². The number of aromatic nitrogens is 6. The SMILES string of the molecule is CC(C)c1cc[nH]c1.CC(C)c1ccccc1.CC(C)c1ccccn1.CC(C)c1ccncn1.CC(C)c1ncccn1. The molecule has 0 bridgehead atoms. The summed E-state index contributed by atoms with van der Waals surface area (Å²) in [5, 5.41) is 0. The molecule has 0 spiro atoms. The molecule has 0 fully saturated rings. The minimum absolute atomic E-state index is 0.436. The highest BCUT2D eigenvalue weighted by Crippen LogP contribution is 2.12. The first-order valence-corrected chi connectivity index (χ1v) is 15.6. The molecule has 6 heteroatoms. The van der Waals surface area contributed by atoms with Crippen LogP contribution < -0.4 is 0 Å². The Morgan fingerprint density at radius 2 is 1.02 bits per heavy atom. The molecule has 0 aliphatic rings. The topological polar surface area (TPSA) is 80.2 Å². The van der Waals surface area contributed by atoms with E-state index in [1.165, 1.54) is 11.1 Å². The lowest BCUT2D eigenvalue weighted by Gasteiger charge is -2.01. The molecule has 44 heavy (non-hydrogen) atoms. The zero-order valence-corrected chi connectivity index (χ0v) is 28.5. The van der Waals surface area contributed by atoms with Crippen LogP contribution in [0.4, 0.5) is 0 Å². The third kappa shape index (κ3) is 17.1. The van der Waals surface area contributed by atoms with E-state index in [4.69, 9.17) is 0 Å². The quantitative estimate of drug-likeness (QED) is 0.219. The summed E-state index contributed by atoms with van der Waals surface area (Å²) in [6.07, 6.45) is 12.7. The number of nitrogens with zero attached hydrogens (tertiary/aromatic N) is 5. The first kappa shape index (κ1) is 37.8. The maximum atomic E-state index is 4.18. The van der Waals surface area contributed by atoms with Crippen molar-refractivity contribution in [2.24, 2.45) is 0 Å². The first-order chi connectivity index (χ1) is 21.0. The van der Waals surface area contributed by atoms with Crippen LogP contribution in [-0.4, -0.2) is 29.9 Å². The molecule has 0 radical (unpaired) electrons. The van der Waals surface area contributed by atoms with Gasteiger partial charge in [-0.25, -0.2) is 19.9 Å². The van der Waals surface area contributed by atoms with Crippen molar-refractivity contribution < 1.29 is 0 Å². The maximum absolute atomic E-state index is 4.18. The predicted molar refractivity (Wildman–Crippen MR) is 186 cm³/mol. The molecule has 0 amide bonds. The Bertz CT molecular complexity index is 1130. The van der Waals surface area contributed by atoms with Crippen LogP contribution in [0.25, 0.3) is 0 Å². The Kier molecular flexibility index (Phi) is 19.2.